The molecule has 0 saturated carbocycles. The average Bonchev–Trinajstić information content (AvgIpc) is 2.64. The quantitative estimate of drug-likeness (QED) is 0.698. The first-order chi connectivity index (χ1) is 12.1. The molecule has 1 aromatic heterocycles. The van der Waals surface area contributed by atoms with Gasteiger partial charge >= 0.3 is 0 Å². The summed E-state index contributed by atoms with van der Waals surface area (Å²) in [7, 11) is 0. The molecule has 0 fully saturated rings. The molecule has 0 aliphatic heterocycles. The molecule has 0 bridgehead atoms. The van der Waals surface area contributed by atoms with Crippen LogP contribution < -0.4 is 5.32 Å². The number of benzene rings is 2. The SMILES string of the molecule is O=C(Cc1ccc(Cl)c(Cl)c1)N[C@@H](c1ccccc1)c1ccccn1. The van der Waals surface area contributed by atoms with E-state index in [9.17, 15) is 4.79 Å². The third kappa shape index (κ3) is 4.59. The molecule has 3 nitrogen and oxygen atoms in total. The van der Waals surface area contributed by atoms with Crippen LogP contribution in [0, 0.1) is 0 Å². The van der Waals surface area contributed by atoms with Crippen molar-refractivity contribution in [3.8, 4) is 0 Å². The van der Waals surface area contributed by atoms with Crippen molar-refractivity contribution in [3.05, 3.63) is 99.8 Å². The number of hydrogen-bond donors (Lipinski definition) is 1. The number of pyridine rings is 1. The van der Waals surface area contributed by atoms with Crippen molar-refractivity contribution in [1.82, 2.24) is 10.3 Å². The number of amides is 1. The topological polar surface area (TPSA) is 42.0 Å². The number of nitrogens with zero attached hydrogens (tertiary/aromatic N) is 1. The van der Waals surface area contributed by atoms with Crippen LogP contribution in [-0.2, 0) is 11.2 Å². The molecular formula is C20H16Cl2N2O. The molecule has 2 aromatic carbocycles. The lowest BCUT2D eigenvalue weighted by Gasteiger charge is -2.19. The van der Waals surface area contributed by atoms with E-state index in [-0.39, 0.29) is 18.4 Å². The molecule has 0 aliphatic carbocycles. The second-order valence-electron chi connectivity index (χ2n) is 5.59. The Morgan fingerprint density at radius 1 is 0.960 bits per heavy atom. The van der Waals surface area contributed by atoms with Gasteiger partial charge in [0.25, 0.3) is 0 Å². The van der Waals surface area contributed by atoms with Crippen molar-refractivity contribution in [2.24, 2.45) is 0 Å². The summed E-state index contributed by atoms with van der Waals surface area (Å²) < 4.78 is 0. The second-order valence-corrected chi connectivity index (χ2v) is 6.41. The number of hydrogen-bond acceptors (Lipinski definition) is 2. The molecule has 0 radical (unpaired) electrons. The van der Waals surface area contributed by atoms with E-state index in [0.29, 0.717) is 10.0 Å². The molecule has 0 aliphatic rings. The van der Waals surface area contributed by atoms with Crippen LogP contribution in [0.1, 0.15) is 22.9 Å². The Morgan fingerprint density at radius 2 is 1.72 bits per heavy atom. The second kappa shape index (κ2) is 8.15. The Labute approximate surface area is 156 Å². The van der Waals surface area contributed by atoms with Gasteiger partial charge in [0, 0.05) is 6.20 Å². The molecule has 0 unspecified atom stereocenters. The predicted molar refractivity (Wildman–Crippen MR) is 101 cm³/mol. The van der Waals surface area contributed by atoms with Crippen LogP contribution in [0.5, 0.6) is 0 Å². The minimum absolute atomic E-state index is 0.113. The summed E-state index contributed by atoms with van der Waals surface area (Å²) in [5.74, 6) is -0.113. The lowest BCUT2D eigenvalue weighted by Crippen LogP contribution is -2.31. The molecule has 1 amide bonds. The zero-order valence-corrected chi connectivity index (χ0v) is 14.8. The first-order valence-electron chi connectivity index (χ1n) is 7.82. The van der Waals surface area contributed by atoms with Crippen molar-refractivity contribution in [1.29, 1.82) is 0 Å². The van der Waals surface area contributed by atoms with Crippen LogP contribution in [0.4, 0.5) is 0 Å². The summed E-state index contributed by atoms with van der Waals surface area (Å²) in [6, 6.07) is 20.3. The summed E-state index contributed by atoms with van der Waals surface area (Å²) in [5.41, 5.74) is 2.57. The van der Waals surface area contributed by atoms with Gasteiger partial charge in [-0.1, -0.05) is 65.7 Å². The van der Waals surface area contributed by atoms with Crippen LogP contribution >= 0.6 is 23.2 Å². The molecular weight excluding hydrogens is 355 g/mol. The van der Waals surface area contributed by atoms with Crippen molar-refractivity contribution < 1.29 is 4.79 Å². The van der Waals surface area contributed by atoms with Crippen LogP contribution in [0.15, 0.2) is 72.9 Å². The third-order valence-electron chi connectivity index (χ3n) is 3.77. The number of carbonyl (C=O) groups excluding carboxylic acids is 1. The molecule has 1 heterocycles. The zero-order chi connectivity index (χ0) is 17.6. The Morgan fingerprint density at radius 3 is 2.40 bits per heavy atom. The summed E-state index contributed by atoms with van der Waals surface area (Å²) in [4.78, 5) is 16.9. The summed E-state index contributed by atoms with van der Waals surface area (Å²) >= 11 is 11.9. The summed E-state index contributed by atoms with van der Waals surface area (Å²) in [5, 5.41) is 3.97. The lowest BCUT2D eigenvalue weighted by atomic mass is 10.0. The van der Waals surface area contributed by atoms with E-state index in [1.807, 2.05) is 48.5 Å². The van der Waals surface area contributed by atoms with E-state index in [2.05, 4.69) is 10.3 Å². The minimum atomic E-state index is -0.308. The summed E-state index contributed by atoms with van der Waals surface area (Å²) in [6.45, 7) is 0. The highest BCUT2D eigenvalue weighted by Crippen LogP contribution is 2.23. The Hall–Kier alpha value is -2.36. The van der Waals surface area contributed by atoms with E-state index < -0.39 is 0 Å². The predicted octanol–water partition coefficient (Wildman–Crippen LogP) is 4.84. The van der Waals surface area contributed by atoms with Crippen LogP contribution in [0.3, 0.4) is 0 Å². The van der Waals surface area contributed by atoms with Crippen molar-refractivity contribution in [2.45, 2.75) is 12.5 Å². The van der Waals surface area contributed by atoms with E-state index >= 15 is 0 Å². The molecule has 0 spiro atoms. The van der Waals surface area contributed by atoms with Gasteiger partial charge < -0.3 is 5.32 Å². The standard InChI is InChI=1S/C20H16Cl2N2O/c21-16-10-9-14(12-17(16)22)13-19(25)24-20(15-6-2-1-3-7-15)18-8-4-5-11-23-18/h1-12,20H,13H2,(H,24,25)/t20-/m0/s1. The average molecular weight is 371 g/mol. The van der Waals surface area contributed by atoms with E-state index in [1.54, 1.807) is 24.4 Å². The number of nitrogens with one attached hydrogen (secondary N) is 1. The molecule has 1 N–H and O–H groups in total. The van der Waals surface area contributed by atoms with E-state index in [4.69, 9.17) is 23.2 Å². The van der Waals surface area contributed by atoms with E-state index in [0.717, 1.165) is 16.8 Å². The van der Waals surface area contributed by atoms with Gasteiger partial charge in [-0.15, -0.1) is 0 Å². The van der Waals surface area contributed by atoms with Crippen molar-refractivity contribution >= 4 is 29.1 Å². The number of halogens is 2. The fourth-order valence-electron chi connectivity index (χ4n) is 2.57. The highest BCUT2D eigenvalue weighted by molar-refractivity contribution is 6.42. The molecule has 0 saturated heterocycles. The van der Waals surface area contributed by atoms with Crippen LogP contribution in [0.2, 0.25) is 10.0 Å². The van der Waals surface area contributed by atoms with Crippen molar-refractivity contribution in [3.63, 3.8) is 0 Å². The van der Waals surface area contributed by atoms with Gasteiger partial charge in [0.2, 0.25) is 5.91 Å². The fraction of sp³-hybridized carbons (Fsp3) is 0.100. The Kier molecular flexibility index (Phi) is 5.69. The maximum Gasteiger partial charge on any atom is 0.225 e. The van der Waals surface area contributed by atoms with Gasteiger partial charge in [-0.25, -0.2) is 0 Å². The maximum atomic E-state index is 12.6. The number of rotatable bonds is 5. The molecule has 3 rings (SSSR count). The number of aromatic nitrogens is 1. The minimum Gasteiger partial charge on any atom is -0.343 e. The van der Waals surface area contributed by atoms with Crippen LogP contribution in [-0.4, -0.2) is 10.9 Å². The van der Waals surface area contributed by atoms with Gasteiger partial charge in [-0.05, 0) is 35.4 Å². The Balaban J connectivity index is 1.80. The first-order valence-corrected chi connectivity index (χ1v) is 8.58. The summed E-state index contributed by atoms with van der Waals surface area (Å²) in [6.07, 6.45) is 1.93. The monoisotopic (exact) mass is 370 g/mol. The highest BCUT2D eigenvalue weighted by Gasteiger charge is 2.18. The Bertz CT molecular complexity index is 815. The fourth-order valence-corrected chi connectivity index (χ4v) is 2.89. The van der Waals surface area contributed by atoms with Crippen molar-refractivity contribution in [2.75, 3.05) is 0 Å². The first kappa shape index (κ1) is 17.5. The molecule has 1 atom stereocenters. The highest BCUT2D eigenvalue weighted by atomic mass is 35.5. The van der Waals surface area contributed by atoms with Gasteiger partial charge in [0.05, 0.1) is 28.2 Å². The lowest BCUT2D eigenvalue weighted by molar-refractivity contribution is -0.120. The zero-order valence-electron chi connectivity index (χ0n) is 13.3. The van der Waals surface area contributed by atoms with Gasteiger partial charge in [-0.2, -0.15) is 0 Å². The molecule has 25 heavy (non-hydrogen) atoms. The largest absolute Gasteiger partial charge is 0.343 e. The van der Waals surface area contributed by atoms with Gasteiger partial charge in [-0.3, -0.25) is 9.78 Å². The number of carbonyl (C=O) groups is 1. The molecule has 3 aromatic rings. The van der Waals surface area contributed by atoms with E-state index in [1.165, 1.54) is 0 Å². The van der Waals surface area contributed by atoms with Gasteiger partial charge in [0.1, 0.15) is 0 Å². The molecule has 126 valence electrons. The maximum absolute atomic E-state index is 12.6. The van der Waals surface area contributed by atoms with Crippen LogP contribution in [0.25, 0.3) is 0 Å². The smallest absolute Gasteiger partial charge is 0.225 e. The van der Waals surface area contributed by atoms with Gasteiger partial charge in [0.15, 0.2) is 0 Å². The normalized spacial score (nSPS) is 11.8. The molecule has 5 heteroatoms. The third-order valence-corrected chi connectivity index (χ3v) is 4.51.